The zero-order valence-corrected chi connectivity index (χ0v) is 13.0. The first-order valence-electron chi connectivity index (χ1n) is 6.29. The van der Waals surface area contributed by atoms with Crippen molar-refractivity contribution >= 4 is 21.8 Å². The zero-order chi connectivity index (χ0) is 14.2. The van der Waals surface area contributed by atoms with E-state index in [9.17, 15) is 4.79 Å². The molecular formula is C14H19BrN2O2. The second-order valence-electron chi connectivity index (χ2n) is 5.35. The van der Waals surface area contributed by atoms with Crippen LogP contribution in [0.5, 0.6) is 5.75 Å². The molecule has 1 saturated heterocycles. The number of nitrogens with two attached hydrogens (primary N) is 1. The van der Waals surface area contributed by atoms with Crippen LogP contribution in [0, 0.1) is 0 Å². The zero-order valence-electron chi connectivity index (χ0n) is 11.4. The standard InChI is InChI=1S/C14H19BrN2O2/c1-14(2)12(16)6-7-17(14)13(18)9-4-5-11(19-3)10(15)8-9/h4-5,8,12H,6-7,16H2,1-3H3. The molecule has 1 aromatic carbocycles. The topological polar surface area (TPSA) is 55.6 Å². The fourth-order valence-electron chi connectivity index (χ4n) is 2.43. The number of carbonyl (C=O) groups excluding carboxylic acids is 1. The number of hydrogen-bond acceptors (Lipinski definition) is 3. The Morgan fingerprint density at radius 3 is 2.68 bits per heavy atom. The van der Waals surface area contributed by atoms with Gasteiger partial charge in [0.05, 0.1) is 17.1 Å². The van der Waals surface area contributed by atoms with E-state index in [1.807, 2.05) is 18.7 Å². The van der Waals surface area contributed by atoms with E-state index in [1.165, 1.54) is 0 Å². The van der Waals surface area contributed by atoms with Gasteiger partial charge >= 0.3 is 0 Å². The van der Waals surface area contributed by atoms with Gasteiger partial charge in [-0.1, -0.05) is 0 Å². The summed E-state index contributed by atoms with van der Waals surface area (Å²) in [6, 6.07) is 5.39. The van der Waals surface area contributed by atoms with Crippen LogP contribution in [0.3, 0.4) is 0 Å². The van der Waals surface area contributed by atoms with Gasteiger partial charge in [0.15, 0.2) is 0 Å². The van der Waals surface area contributed by atoms with E-state index in [0.29, 0.717) is 17.9 Å². The van der Waals surface area contributed by atoms with E-state index >= 15 is 0 Å². The van der Waals surface area contributed by atoms with Crippen molar-refractivity contribution in [1.82, 2.24) is 4.90 Å². The summed E-state index contributed by atoms with van der Waals surface area (Å²) in [7, 11) is 1.60. The first-order chi connectivity index (χ1) is 8.87. The van der Waals surface area contributed by atoms with E-state index in [2.05, 4.69) is 15.9 Å². The second-order valence-corrected chi connectivity index (χ2v) is 6.21. The molecule has 1 aliphatic rings. The SMILES string of the molecule is COc1ccc(C(=O)N2CCC(N)C2(C)C)cc1Br. The van der Waals surface area contributed by atoms with Crippen LogP contribution >= 0.6 is 15.9 Å². The van der Waals surface area contributed by atoms with E-state index in [1.54, 1.807) is 25.3 Å². The Bertz CT molecular complexity index is 502. The van der Waals surface area contributed by atoms with E-state index in [4.69, 9.17) is 10.5 Å². The molecule has 1 fully saturated rings. The summed E-state index contributed by atoms with van der Waals surface area (Å²) < 4.78 is 5.95. The Morgan fingerprint density at radius 1 is 1.53 bits per heavy atom. The van der Waals surface area contributed by atoms with Gasteiger partial charge in [0.1, 0.15) is 5.75 Å². The van der Waals surface area contributed by atoms with Crippen LogP contribution in [0.25, 0.3) is 0 Å². The van der Waals surface area contributed by atoms with Crippen molar-refractivity contribution in [2.75, 3.05) is 13.7 Å². The number of carbonyl (C=O) groups is 1. The van der Waals surface area contributed by atoms with Gasteiger partial charge in [-0.25, -0.2) is 0 Å². The molecule has 4 nitrogen and oxygen atoms in total. The summed E-state index contributed by atoms with van der Waals surface area (Å²) >= 11 is 3.40. The molecule has 1 aromatic rings. The Labute approximate surface area is 122 Å². The number of benzene rings is 1. The fraction of sp³-hybridized carbons (Fsp3) is 0.500. The van der Waals surface area contributed by atoms with E-state index in [-0.39, 0.29) is 17.5 Å². The van der Waals surface area contributed by atoms with Crippen molar-refractivity contribution < 1.29 is 9.53 Å². The third kappa shape index (κ3) is 2.49. The number of ether oxygens (including phenoxy) is 1. The number of rotatable bonds is 2. The van der Waals surface area contributed by atoms with Crippen molar-refractivity contribution in [2.45, 2.75) is 31.8 Å². The molecule has 1 amide bonds. The van der Waals surface area contributed by atoms with Crippen LogP contribution in [-0.4, -0.2) is 36.0 Å². The van der Waals surface area contributed by atoms with Crippen LogP contribution in [0.4, 0.5) is 0 Å². The minimum absolute atomic E-state index is 0.0151. The van der Waals surface area contributed by atoms with Crippen LogP contribution in [0.1, 0.15) is 30.6 Å². The van der Waals surface area contributed by atoms with Gasteiger partial charge in [-0.05, 0) is 54.4 Å². The number of hydrogen-bond donors (Lipinski definition) is 1. The molecule has 1 unspecified atom stereocenters. The first-order valence-corrected chi connectivity index (χ1v) is 7.08. The smallest absolute Gasteiger partial charge is 0.254 e. The molecule has 0 radical (unpaired) electrons. The molecule has 2 rings (SSSR count). The quantitative estimate of drug-likeness (QED) is 0.908. The minimum Gasteiger partial charge on any atom is -0.496 e. The number of halogens is 1. The van der Waals surface area contributed by atoms with Crippen molar-refractivity contribution in [3.05, 3.63) is 28.2 Å². The maximum Gasteiger partial charge on any atom is 0.254 e. The molecule has 0 saturated carbocycles. The number of methoxy groups -OCH3 is 1. The molecule has 0 aromatic heterocycles. The van der Waals surface area contributed by atoms with Crippen molar-refractivity contribution in [3.8, 4) is 5.75 Å². The predicted octanol–water partition coefficient (Wildman–Crippen LogP) is 2.41. The molecule has 0 aliphatic carbocycles. The lowest BCUT2D eigenvalue weighted by Gasteiger charge is -2.34. The van der Waals surface area contributed by atoms with Crippen molar-refractivity contribution in [2.24, 2.45) is 5.73 Å². The molecule has 19 heavy (non-hydrogen) atoms. The van der Waals surface area contributed by atoms with Gasteiger partial charge in [0, 0.05) is 18.2 Å². The third-order valence-corrected chi connectivity index (χ3v) is 4.53. The van der Waals surface area contributed by atoms with Gasteiger partial charge < -0.3 is 15.4 Å². The third-order valence-electron chi connectivity index (χ3n) is 3.91. The highest BCUT2D eigenvalue weighted by molar-refractivity contribution is 9.10. The van der Waals surface area contributed by atoms with Crippen molar-refractivity contribution in [3.63, 3.8) is 0 Å². The average Bonchev–Trinajstić information content (AvgIpc) is 2.63. The maximum absolute atomic E-state index is 12.6. The average molecular weight is 327 g/mol. The lowest BCUT2D eigenvalue weighted by Crippen LogP contribution is -2.51. The van der Waals surface area contributed by atoms with Gasteiger partial charge in [-0.3, -0.25) is 4.79 Å². The maximum atomic E-state index is 12.6. The van der Waals surface area contributed by atoms with Gasteiger partial charge in [0.2, 0.25) is 0 Å². The van der Waals surface area contributed by atoms with Crippen LogP contribution in [0.2, 0.25) is 0 Å². The molecule has 0 spiro atoms. The summed E-state index contributed by atoms with van der Waals surface area (Å²) in [5.74, 6) is 0.732. The van der Waals surface area contributed by atoms with Gasteiger partial charge in [-0.15, -0.1) is 0 Å². The number of likely N-dealkylation sites (tertiary alicyclic amines) is 1. The summed E-state index contributed by atoms with van der Waals surface area (Å²) in [6.07, 6.45) is 0.843. The summed E-state index contributed by atoms with van der Waals surface area (Å²) in [4.78, 5) is 14.4. The molecule has 1 aliphatic heterocycles. The Hall–Kier alpha value is -1.07. The summed E-state index contributed by atoms with van der Waals surface area (Å²) in [5.41, 5.74) is 6.42. The highest BCUT2D eigenvalue weighted by atomic mass is 79.9. The largest absolute Gasteiger partial charge is 0.496 e. The molecule has 5 heteroatoms. The Morgan fingerprint density at radius 2 is 2.21 bits per heavy atom. The predicted molar refractivity (Wildman–Crippen MR) is 78.4 cm³/mol. The highest BCUT2D eigenvalue weighted by Crippen LogP contribution is 2.31. The molecule has 104 valence electrons. The lowest BCUT2D eigenvalue weighted by atomic mass is 9.96. The number of nitrogens with zero attached hydrogens (tertiary/aromatic N) is 1. The van der Waals surface area contributed by atoms with Crippen LogP contribution in [-0.2, 0) is 0 Å². The first kappa shape index (κ1) is 14.3. The number of amides is 1. The van der Waals surface area contributed by atoms with Crippen LogP contribution < -0.4 is 10.5 Å². The Kier molecular flexibility index (Phi) is 3.87. The monoisotopic (exact) mass is 326 g/mol. The molecule has 1 atom stereocenters. The van der Waals surface area contributed by atoms with Crippen LogP contribution in [0.15, 0.2) is 22.7 Å². The van der Waals surface area contributed by atoms with Gasteiger partial charge in [0.25, 0.3) is 5.91 Å². The van der Waals surface area contributed by atoms with Crippen molar-refractivity contribution in [1.29, 1.82) is 0 Å². The minimum atomic E-state index is -0.302. The fourth-order valence-corrected chi connectivity index (χ4v) is 2.97. The molecule has 0 bridgehead atoms. The normalized spacial score (nSPS) is 21.5. The van der Waals surface area contributed by atoms with Gasteiger partial charge in [-0.2, -0.15) is 0 Å². The molecule has 1 heterocycles. The molecule has 2 N–H and O–H groups in total. The van der Waals surface area contributed by atoms with E-state index < -0.39 is 0 Å². The molecular weight excluding hydrogens is 308 g/mol. The highest BCUT2D eigenvalue weighted by Gasteiger charge is 2.41. The Balaban J connectivity index is 2.28. The summed E-state index contributed by atoms with van der Waals surface area (Å²) in [5, 5.41) is 0. The second kappa shape index (κ2) is 5.13. The summed E-state index contributed by atoms with van der Waals surface area (Å²) in [6.45, 7) is 4.74. The van der Waals surface area contributed by atoms with E-state index in [0.717, 1.165) is 10.9 Å². The lowest BCUT2D eigenvalue weighted by molar-refractivity contribution is 0.0637.